The predicted molar refractivity (Wildman–Crippen MR) is 106 cm³/mol. The van der Waals surface area contributed by atoms with E-state index in [1.54, 1.807) is 19.1 Å². The molecule has 0 amide bonds. The van der Waals surface area contributed by atoms with Gasteiger partial charge >= 0.3 is 0 Å². The average molecular weight is 391 g/mol. The number of hydrogen-bond acceptors (Lipinski definition) is 9. The molecule has 138 valence electrons. The average Bonchev–Trinajstić information content (AvgIpc) is 3.08. The number of nitro groups is 1. The Kier molecular flexibility index (Phi) is 5.78. The number of aryl methyl sites for hydroxylation is 1. The molecule has 0 bridgehead atoms. The molecule has 28 heavy (non-hydrogen) atoms. The molecule has 10 heteroatoms. The topological polar surface area (TPSA) is 129 Å². The molecule has 0 aliphatic rings. The Bertz CT molecular complexity index is 1100. The van der Waals surface area contributed by atoms with Crippen LogP contribution < -0.4 is 5.43 Å². The van der Waals surface area contributed by atoms with Crippen molar-refractivity contribution in [1.29, 1.82) is 5.26 Å². The summed E-state index contributed by atoms with van der Waals surface area (Å²) in [5.41, 5.74) is 3.90. The summed E-state index contributed by atoms with van der Waals surface area (Å²) in [6.07, 6.45) is 0. The van der Waals surface area contributed by atoms with Gasteiger partial charge in [-0.15, -0.1) is 10.2 Å². The highest BCUT2D eigenvalue weighted by Gasteiger charge is 2.15. The van der Waals surface area contributed by atoms with Gasteiger partial charge in [0.2, 0.25) is 0 Å². The van der Waals surface area contributed by atoms with E-state index in [9.17, 15) is 15.4 Å². The summed E-state index contributed by atoms with van der Waals surface area (Å²) in [5.74, 6) is 0. The van der Waals surface area contributed by atoms with Crippen LogP contribution in [0.1, 0.15) is 10.7 Å². The monoisotopic (exact) mass is 391 g/mol. The number of hydrazone groups is 1. The quantitative estimate of drug-likeness (QED) is 0.270. The van der Waals surface area contributed by atoms with E-state index in [1.807, 2.05) is 36.4 Å². The van der Waals surface area contributed by atoms with Gasteiger partial charge in [-0.3, -0.25) is 15.5 Å². The lowest BCUT2D eigenvalue weighted by Gasteiger charge is -2.01. The van der Waals surface area contributed by atoms with Crippen molar-refractivity contribution in [1.82, 2.24) is 4.98 Å². The second-order valence-corrected chi connectivity index (χ2v) is 6.38. The van der Waals surface area contributed by atoms with Crippen LogP contribution in [0.15, 0.2) is 69.9 Å². The van der Waals surface area contributed by atoms with Crippen LogP contribution in [-0.2, 0) is 0 Å². The number of nitrogens with one attached hydrogen (secondary N) is 1. The first-order chi connectivity index (χ1) is 13.6. The number of nitro benzene ring substituents is 1. The minimum absolute atomic E-state index is 0.00703. The highest BCUT2D eigenvalue weighted by atomic mass is 32.1. The summed E-state index contributed by atoms with van der Waals surface area (Å²) in [5, 5.41) is 33.6. The maximum Gasteiger partial charge on any atom is 0.294 e. The van der Waals surface area contributed by atoms with Crippen LogP contribution in [-0.4, -0.2) is 15.6 Å². The molecule has 0 unspecified atom stereocenters. The molecule has 0 fully saturated rings. The number of rotatable bonds is 6. The molecule has 0 saturated heterocycles. The molecule has 2 aromatic carbocycles. The third-order valence-electron chi connectivity index (χ3n) is 3.48. The zero-order valence-corrected chi connectivity index (χ0v) is 15.4. The third-order valence-corrected chi connectivity index (χ3v) is 4.53. The van der Waals surface area contributed by atoms with Gasteiger partial charge in [-0.2, -0.15) is 10.4 Å². The molecule has 0 aliphatic carbocycles. The summed E-state index contributed by atoms with van der Waals surface area (Å²) in [7, 11) is 0. The molecule has 0 aliphatic heterocycles. The molecule has 1 heterocycles. The van der Waals surface area contributed by atoms with Gasteiger partial charge in [-0.1, -0.05) is 41.7 Å². The minimum atomic E-state index is -0.528. The van der Waals surface area contributed by atoms with Gasteiger partial charge in [-0.25, -0.2) is 4.98 Å². The maximum atomic E-state index is 11.1. The number of thiazole rings is 1. The Morgan fingerprint density at radius 1 is 1.18 bits per heavy atom. The van der Waals surface area contributed by atoms with Gasteiger partial charge < -0.3 is 0 Å². The Morgan fingerprint density at radius 3 is 2.61 bits per heavy atom. The normalized spacial score (nSPS) is 11.4. The van der Waals surface area contributed by atoms with E-state index in [-0.39, 0.29) is 17.1 Å². The summed E-state index contributed by atoms with van der Waals surface area (Å²) in [6, 6.07) is 17.2. The molecule has 1 aromatic heterocycles. The molecular formula is C18H13N7O2S. The van der Waals surface area contributed by atoms with Crippen LogP contribution in [0, 0.1) is 28.4 Å². The number of anilines is 1. The Balaban J connectivity index is 1.84. The fourth-order valence-electron chi connectivity index (χ4n) is 2.14. The number of para-hydroxylation sites is 2. The van der Waals surface area contributed by atoms with Crippen LogP contribution in [0.5, 0.6) is 0 Å². The van der Waals surface area contributed by atoms with Crippen molar-refractivity contribution in [2.75, 3.05) is 5.43 Å². The molecular weight excluding hydrogens is 378 g/mol. The van der Waals surface area contributed by atoms with Crippen LogP contribution >= 0.6 is 11.3 Å². The lowest BCUT2D eigenvalue weighted by Crippen LogP contribution is -2.03. The van der Waals surface area contributed by atoms with Gasteiger partial charge in [0, 0.05) is 6.07 Å². The van der Waals surface area contributed by atoms with E-state index >= 15 is 0 Å². The highest BCUT2D eigenvalue weighted by molar-refractivity contribution is 7.17. The predicted octanol–water partition coefficient (Wildman–Crippen LogP) is 5.11. The number of benzene rings is 2. The summed E-state index contributed by atoms with van der Waals surface area (Å²) in [4.78, 5) is 14.8. The Hall–Kier alpha value is -3.97. The van der Waals surface area contributed by atoms with Crippen molar-refractivity contribution in [3.8, 4) is 6.07 Å². The number of nitriles is 1. The Labute approximate surface area is 163 Å². The summed E-state index contributed by atoms with van der Waals surface area (Å²) >= 11 is 1.16. The van der Waals surface area contributed by atoms with Crippen LogP contribution in [0.2, 0.25) is 0 Å². The highest BCUT2D eigenvalue weighted by Crippen LogP contribution is 2.30. The van der Waals surface area contributed by atoms with Crippen molar-refractivity contribution in [3.05, 3.63) is 75.4 Å². The molecule has 0 spiro atoms. The van der Waals surface area contributed by atoms with Crippen molar-refractivity contribution in [2.45, 2.75) is 6.92 Å². The van der Waals surface area contributed by atoms with Crippen molar-refractivity contribution in [2.24, 2.45) is 15.3 Å². The number of azo groups is 1. The first-order valence-corrected chi connectivity index (χ1v) is 8.82. The van der Waals surface area contributed by atoms with Crippen LogP contribution in [0.3, 0.4) is 0 Å². The molecule has 3 rings (SSSR count). The summed E-state index contributed by atoms with van der Waals surface area (Å²) in [6.45, 7) is 1.75. The Morgan fingerprint density at radius 2 is 1.89 bits per heavy atom. The van der Waals surface area contributed by atoms with E-state index in [2.05, 4.69) is 25.7 Å². The van der Waals surface area contributed by atoms with E-state index in [4.69, 9.17) is 0 Å². The van der Waals surface area contributed by atoms with Crippen LogP contribution in [0.25, 0.3) is 0 Å². The first-order valence-electron chi connectivity index (χ1n) is 8.00. The van der Waals surface area contributed by atoms with Gasteiger partial charge in [0.15, 0.2) is 15.7 Å². The lowest BCUT2D eigenvalue weighted by molar-refractivity contribution is -0.384. The van der Waals surface area contributed by atoms with Crippen molar-refractivity contribution < 1.29 is 4.92 Å². The maximum absolute atomic E-state index is 11.1. The number of nitrogens with zero attached hydrogens (tertiary/aromatic N) is 6. The van der Waals surface area contributed by atoms with E-state index in [0.29, 0.717) is 21.4 Å². The smallest absolute Gasteiger partial charge is 0.270 e. The molecule has 0 saturated carbocycles. The van der Waals surface area contributed by atoms with Gasteiger partial charge in [0.25, 0.3) is 5.69 Å². The standard InChI is InChI=1S/C18H13N7O2S/c1-12-17(24-21-13-7-3-2-4-8-13)28-18(20-12)15(11-19)23-22-14-9-5-6-10-16(14)25(26)27/h2-10,22H,1H3/b23-15+,24-21?. The number of hydrogen-bond donors (Lipinski definition) is 1. The molecule has 3 aromatic rings. The van der Waals surface area contributed by atoms with Crippen molar-refractivity contribution >= 4 is 39.1 Å². The minimum Gasteiger partial charge on any atom is -0.270 e. The fourth-order valence-corrected chi connectivity index (χ4v) is 2.97. The molecule has 9 nitrogen and oxygen atoms in total. The summed E-state index contributed by atoms with van der Waals surface area (Å²) < 4.78 is 0. The molecule has 0 atom stereocenters. The lowest BCUT2D eigenvalue weighted by atomic mass is 10.3. The second kappa shape index (κ2) is 8.61. The largest absolute Gasteiger partial charge is 0.294 e. The SMILES string of the molecule is Cc1nc(/C(C#N)=N/Nc2ccccc2[N+](=O)[O-])sc1N=Nc1ccccc1. The third kappa shape index (κ3) is 4.40. The van der Waals surface area contributed by atoms with Crippen LogP contribution in [0.4, 0.5) is 22.1 Å². The van der Waals surface area contributed by atoms with Gasteiger partial charge in [-0.05, 0) is 25.1 Å². The molecule has 0 radical (unpaired) electrons. The zero-order chi connectivity index (χ0) is 19.9. The van der Waals surface area contributed by atoms with E-state index in [0.717, 1.165) is 11.3 Å². The fraction of sp³-hybridized carbons (Fsp3) is 0.0556. The zero-order valence-electron chi connectivity index (χ0n) is 14.6. The van der Waals surface area contributed by atoms with E-state index < -0.39 is 4.92 Å². The van der Waals surface area contributed by atoms with E-state index in [1.165, 1.54) is 12.1 Å². The van der Waals surface area contributed by atoms with Gasteiger partial charge in [0.05, 0.1) is 16.3 Å². The van der Waals surface area contributed by atoms with Crippen molar-refractivity contribution in [3.63, 3.8) is 0 Å². The van der Waals surface area contributed by atoms with Gasteiger partial charge in [0.1, 0.15) is 11.8 Å². The number of aromatic nitrogens is 1. The second-order valence-electron chi connectivity index (χ2n) is 5.40. The first kappa shape index (κ1) is 18.8. The molecule has 1 N–H and O–H groups in total.